The Morgan fingerprint density at radius 3 is 2.81 bits per heavy atom. The van der Waals surface area contributed by atoms with Crippen LogP contribution in [0.1, 0.15) is 32.1 Å². The zero-order valence-corrected chi connectivity index (χ0v) is 11.8. The smallest absolute Gasteiger partial charge is 0.308 e. The number of aromatic nitrogens is 2. The molecule has 1 saturated carbocycles. The van der Waals surface area contributed by atoms with Gasteiger partial charge in [-0.2, -0.15) is 0 Å². The van der Waals surface area contributed by atoms with Crippen LogP contribution in [0.15, 0.2) is 30.6 Å². The van der Waals surface area contributed by atoms with Gasteiger partial charge in [-0.15, -0.1) is 0 Å². The van der Waals surface area contributed by atoms with Crippen molar-refractivity contribution >= 4 is 22.7 Å². The number of para-hydroxylation sites is 1. The molecule has 0 spiro atoms. The van der Waals surface area contributed by atoms with Gasteiger partial charge in [0.1, 0.15) is 12.1 Å². The first-order valence-electron chi connectivity index (χ1n) is 7.45. The van der Waals surface area contributed by atoms with E-state index in [-0.39, 0.29) is 12.0 Å². The van der Waals surface area contributed by atoms with Crippen molar-refractivity contribution in [2.45, 2.75) is 38.1 Å². The minimum atomic E-state index is -0.715. The lowest BCUT2D eigenvalue weighted by atomic mass is 9.95. The van der Waals surface area contributed by atoms with Crippen molar-refractivity contribution in [3.63, 3.8) is 0 Å². The van der Waals surface area contributed by atoms with Gasteiger partial charge < -0.3 is 10.4 Å². The van der Waals surface area contributed by atoms with Gasteiger partial charge in [0, 0.05) is 11.4 Å². The maximum Gasteiger partial charge on any atom is 0.308 e. The molecule has 0 amide bonds. The van der Waals surface area contributed by atoms with Gasteiger partial charge in [0.2, 0.25) is 0 Å². The number of fused-ring (bicyclic) bond motifs is 1. The van der Waals surface area contributed by atoms with Gasteiger partial charge in [-0.25, -0.2) is 9.97 Å². The van der Waals surface area contributed by atoms with Crippen LogP contribution in [0.5, 0.6) is 0 Å². The Morgan fingerprint density at radius 2 is 1.95 bits per heavy atom. The Labute approximate surface area is 123 Å². The summed E-state index contributed by atoms with van der Waals surface area (Å²) < 4.78 is 0. The highest BCUT2D eigenvalue weighted by atomic mass is 16.4. The number of rotatable bonds is 3. The van der Waals surface area contributed by atoms with Gasteiger partial charge in [0.25, 0.3) is 0 Å². The van der Waals surface area contributed by atoms with E-state index in [1.54, 1.807) is 0 Å². The summed E-state index contributed by atoms with van der Waals surface area (Å²) in [7, 11) is 0. The third kappa shape index (κ3) is 2.96. The third-order valence-corrected chi connectivity index (χ3v) is 4.20. The zero-order valence-electron chi connectivity index (χ0n) is 11.8. The van der Waals surface area contributed by atoms with E-state index in [1.165, 1.54) is 6.33 Å². The van der Waals surface area contributed by atoms with E-state index in [2.05, 4.69) is 15.3 Å². The van der Waals surface area contributed by atoms with Crippen LogP contribution in [-0.4, -0.2) is 27.1 Å². The van der Waals surface area contributed by atoms with E-state index in [1.807, 2.05) is 24.3 Å². The van der Waals surface area contributed by atoms with E-state index in [0.29, 0.717) is 0 Å². The first kappa shape index (κ1) is 13.8. The molecule has 3 rings (SSSR count). The number of carboxylic acids is 1. The minimum absolute atomic E-state index is 0.0664. The average Bonchev–Trinajstić information content (AvgIpc) is 2.73. The molecule has 1 aliphatic rings. The number of anilines is 1. The Balaban J connectivity index is 1.90. The highest BCUT2D eigenvalue weighted by molar-refractivity contribution is 5.89. The monoisotopic (exact) mass is 285 g/mol. The lowest BCUT2D eigenvalue weighted by Gasteiger charge is -2.23. The van der Waals surface area contributed by atoms with Crippen LogP contribution < -0.4 is 5.32 Å². The molecule has 1 aromatic carbocycles. The molecule has 2 aromatic rings. The number of nitrogens with one attached hydrogen (secondary N) is 1. The standard InChI is InChI=1S/C16H19N3O2/c20-16(21)12-7-2-1-3-9-14(12)19-15-11-6-4-5-8-13(11)17-10-18-15/h4-6,8,10,12,14H,1-3,7,9H2,(H,20,21)(H,17,18,19). The molecular formula is C16H19N3O2. The summed E-state index contributed by atoms with van der Waals surface area (Å²) in [5, 5.41) is 13.8. The highest BCUT2D eigenvalue weighted by Crippen LogP contribution is 2.28. The van der Waals surface area contributed by atoms with Crippen molar-refractivity contribution in [3.8, 4) is 0 Å². The molecule has 1 heterocycles. The predicted octanol–water partition coefficient (Wildman–Crippen LogP) is 3.08. The van der Waals surface area contributed by atoms with E-state index >= 15 is 0 Å². The second-order valence-electron chi connectivity index (χ2n) is 5.57. The Morgan fingerprint density at radius 1 is 1.14 bits per heavy atom. The van der Waals surface area contributed by atoms with Crippen molar-refractivity contribution in [3.05, 3.63) is 30.6 Å². The van der Waals surface area contributed by atoms with Crippen LogP contribution >= 0.6 is 0 Å². The van der Waals surface area contributed by atoms with Crippen molar-refractivity contribution < 1.29 is 9.90 Å². The van der Waals surface area contributed by atoms with Crippen LogP contribution in [0.3, 0.4) is 0 Å². The summed E-state index contributed by atoms with van der Waals surface area (Å²) in [6.07, 6.45) is 6.28. The molecule has 2 N–H and O–H groups in total. The maximum atomic E-state index is 11.5. The first-order chi connectivity index (χ1) is 10.3. The van der Waals surface area contributed by atoms with Gasteiger partial charge in [-0.3, -0.25) is 4.79 Å². The number of benzene rings is 1. The van der Waals surface area contributed by atoms with Crippen molar-refractivity contribution in [1.29, 1.82) is 0 Å². The topological polar surface area (TPSA) is 75.1 Å². The second-order valence-corrected chi connectivity index (χ2v) is 5.57. The largest absolute Gasteiger partial charge is 0.481 e. The molecule has 2 atom stereocenters. The second kappa shape index (κ2) is 6.08. The molecule has 5 heteroatoms. The molecule has 1 aliphatic carbocycles. The first-order valence-corrected chi connectivity index (χ1v) is 7.45. The van der Waals surface area contributed by atoms with Gasteiger partial charge in [0.05, 0.1) is 11.4 Å². The summed E-state index contributed by atoms with van der Waals surface area (Å²) in [4.78, 5) is 20.0. The quantitative estimate of drug-likeness (QED) is 0.848. The van der Waals surface area contributed by atoms with Gasteiger partial charge in [-0.05, 0) is 25.0 Å². The molecule has 1 fully saturated rings. The maximum absolute atomic E-state index is 11.5. The lowest BCUT2D eigenvalue weighted by Crippen LogP contribution is -2.34. The Hall–Kier alpha value is -2.17. The van der Waals surface area contributed by atoms with Crippen LogP contribution in [0.2, 0.25) is 0 Å². The number of nitrogens with zero attached hydrogens (tertiary/aromatic N) is 2. The SMILES string of the molecule is O=C(O)C1CCCCCC1Nc1ncnc2ccccc12. The summed E-state index contributed by atoms with van der Waals surface area (Å²) in [6, 6.07) is 7.71. The normalized spacial score (nSPS) is 22.7. The summed E-state index contributed by atoms with van der Waals surface area (Å²) in [6.45, 7) is 0. The van der Waals surface area contributed by atoms with Crippen LogP contribution in [0.4, 0.5) is 5.82 Å². The predicted molar refractivity (Wildman–Crippen MR) is 81.2 cm³/mol. The molecule has 0 saturated heterocycles. The van der Waals surface area contributed by atoms with Gasteiger partial charge in [0.15, 0.2) is 0 Å². The van der Waals surface area contributed by atoms with Crippen molar-refractivity contribution in [1.82, 2.24) is 9.97 Å². The van der Waals surface area contributed by atoms with Crippen molar-refractivity contribution in [2.24, 2.45) is 5.92 Å². The van der Waals surface area contributed by atoms with Crippen LogP contribution in [0.25, 0.3) is 10.9 Å². The van der Waals surface area contributed by atoms with Crippen molar-refractivity contribution in [2.75, 3.05) is 5.32 Å². The summed E-state index contributed by atoms with van der Waals surface area (Å²) in [5.41, 5.74) is 0.871. The molecular weight excluding hydrogens is 266 g/mol. The molecule has 0 radical (unpaired) electrons. The number of hydrogen-bond donors (Lipinski definition) is 2. The van der Waals surface area contributed by atoms with E-state index in [9.17, 15) is 9.90 Å². The minimum Gasteiger partial charge on any atom is -0.481 e. The van der Waals surface area contributed by atoms with E-state index < -0.39 is 5.97 Å². The van der Waals surface area contributed by atoms with Crippen LogP contribution in [0, 0.1) is 5.92 Å². The number of aliphatic carboxylic acids is 1. The highest BCUT2D eigenvalue weighted by Gasteiger charge is 2.29. The van der Waals surface area contributed by atoms with E-state index in [0.717, 1.165) is 48.8 Å². The van der Waals surface area contributed by atoms with Crippen LogP contribution in [-0.2, 0) is 4.79 Å². The fourth-order valence-corrected chi connectivity index (χ4v) is 3.07. The number of carbonyl (C=O) groups is 1. The molecule has 0 bridgehead atoms. The fourth-order valence-electron chi connectivity index (χ4n) is 3.07. The molecule has 2 unspecified atom stereocenters. The zero-order chi connectivity index (χ0) is 14.7. The number of carboxylic acid groups (broad SMARTS) is 1. The molecule has 110 valence electrons. The Bertz CT molecular complexity index is 639. The third-order valence-electron chi connectivity index (χ3n) is 4.20. The lowest BCUT2D eigenvalue weighted by molar-refractivity contribution is -0.142. The van der Waals surface area contributed by atoms with Gasteiger partial charge in [-0.1, -0.05) is 31.4 Å². The fraction of sp³-hybridized carbons (Fsp3) is 0.438. The summed E-state index contributed by atoms with van der Waals surface area (Å²) in [5.74, 6) is -0.326. The molecule has 21 heavy (non-hydrogen) atoms. The molecule has 5 nitrogen and oxygen atoms in total. The summed E-state index contributed by atoms with van der Waals surface area (Å²) >= 11 is 0. The Kier molecular flexibility index (Phi) is 3.99. The average molecular weight is 285 g/mol. The van der Waals surface area contributed by atoms with Gasteiger partial charge >= 0.3 is 5.97 Å². The van der Waals surface area contributed by atoms with E-state index in [4.69, 9.17) is 0 Å². The number of hydrogen-bond acceptors (Lipinski definition) is 4. The molecule has 0 aliphatic heterocycles. The molecule has 1 aromatic heterocycles.